The average molecular weight is 396 g/mol. The van der Waals surface area contributed by atoms with Crippen LogP contribution in [0.4, 0.5) is 5.69 Å². The summed E-state index contributed by atoms with van der Waals surface area (Å²) in [7, 11) is 0. The number of hydrogen-bond acceptors (Lipinski definition) is 6. The third-order valence-electron chi connectivity index (χ3n) is 4.69. The van der Waals surface area contributed by atoms with Gasteiger partial charge in [0.1, 0.15) is 0 Å². The minimum atomic E-state index is -0.313. The number of anilines is 1. The van der Waals surface area contributed by atoms with Gasteiger partial charge in [0.05, 0.1) is 28.0 Å². The fourth-order valence-electron chi connectivity index (χ4n) is 3.29. The maximum atomic E-state index is 13.3. The highest BCUT2D eigenvalue weighted by atomic mass is 16.5. The number of benzene rings is 1. The monoisotopic (exact) mass is 396 g/mol. The fourth-order valence-corrected chi connectivity index (χ4v) is 3.29. The van der Waals surface area contributed by atoms with E-state index in [1.165, 1.54) is 0 Å². The molecular weight excluding hydrogens is 380 g/mol. The molecule has 4 aromatic heterocycles. The van der Waals surface area contributed by atoms with Crippen molar-refractivity contribution in [1.29, 1.82) is 0 Å². The lowest BCUT2D eigenvalue weighted by atomic mass is 10.1. The Kier molecular flexibility index (Phi) is 4.29. The molecule has 146 valence electrons. The van der Waals surface area contributed by atoms with Gasteiger partial charge in [-0.3, -0.25) is 4.79 Å². The van der Waals surface area contributed by atoms with Crippen molar-refractivity contribution in [2.75, 3.05) is 5.32 Å². The maximum absolute atomic E-state index is 13.3. The van der Waals surface area contributed by atoms with Crippen LogP contribution in [0.3, 0.4) is 0 Å². The maximum Gasteiger partial charge on any atom is 0.259 e. The molecule has 0 aliphatic carbocycles. The first-order chi connectivity index (χ1) is 14.7. The molecule has 0 radical (unpaired) electrons. The van der Waals surface area contributed by atoms with Crippen LogP contribution in [0.5, 0.6) is 0 Å². The zero-order valence-corrected chi connectivity index (χ0v) is 16.0. The van der Waals surface area contributed by atoms with Crippen molar-refractivity contribution in [3.63, 3.8) is 0 Å². The van der Waals surface area contributed by atoms with E-state index in [1.54, 1.807) is 54.5 Å². The quantitative estimate of drug-likeness (QED) is 0.492. The highest BCUT2D eigenvalue weighted by Crippen LogP contribution is 2.28. The van der Waals surface area contributed by atoms with E-state index < -0.39 is 0 Å². The summed E-state index contributed by atoms with van der Waals surface area (Å²) in [5, 5.41) is 11.7. The molecular formula is C22H16N6O2. The summed E-state index contributed by atoms with van der Waals surface area (Å²) in [6, 6.07) is 16.7. The van der Waals surface area contributed by atoms with Crippen LogP contribution < -0.4 is 5.32 Å². The van der Waals surface area contributed by atoms with Crippen molar-refractivity contribution in [2.24, 2.45) is 0 Å². The number of rotatable bonds is 4. The number of carbonyl (C=O) groups excluding carboxylic acids is 1. The van der Waals surface area contributed by atoms with Crippen LogP contribution in [0.25, 0.3) is 28.2 Å². The molecule has 0 saturated carbocycles. The Hall–Kier alpha value is -4.33. The third-order valence-corrected chi connectivity index (χ3v) is 4.69. The molecule has 0 fully saturated rings. The molecule has 0 unspecified atom stereocenters. The van der Waals surface area contributed by atoms with Crippen LogP contribution in [-0.2, 0) is 0 Å². The van der Waals surface area contributed by atoms with Crippen molar-refractivity contribution in [3.05, 3.63) is 84.4 Å². The summed E-state index contributed by atoms with van der Waals surface area (Å²) < 4.78 is 6.96. The van der Waals surface area contributed by atoms with Crippen LogP contribution in [0.1, 0.15) is 16.1 Å². The standard InChI is InChI=1S/C22H16N6O2/c1-14-19-16(13-18(26-22(19)30-27-14)15-7-3-2-4-8-15)21(29)25-17-9-5-10-23-20(17)28-12-6-11-24-28/h2-13H,1H3,(H,25,29). The van der Waals surface area contributed by atoms with E-state index in [-0.39, 0.29) is 5.91 Å². The second kappa shape index (κ2) is 7.25. The SMILES string of the molecule is Cc1noc2nc(-c3ccccc3)cc(C(=O)Nc3cccnc3-n3cccn3)c12. The molecule has 1 amide bonds. The van der Waals surface area contributed by atoms with Gasteiger partial charge >= 0.3 is 0 Å². The normalized spacial score (nSPS) is 11.0. The molecule has 0 bridgehead atoms. The molecule has 4 heterocycles. The first-order valence-electron chi connectivity index (χ1n) is 9.29. The van der Waals surface area contributed by atoms with Crippen molar-refractivity contribution in [3.8, 4) is 17.1 Å². The average Bonchev–Trinajstić information content (AvgIpc) is 3.44. The molecule has 0 aliphatic rings. The van der Waals surface area contributed by atoms with E-state index >= 15 is 0 Å². The van der Waals surface area contributed by atoms with Crippen LogP contribution >= 0.6 is 0 Å². The van der Waals surface area contributed by atoms with Gasteiger partial charge in [0.25, 0.3) is 11.6 Å². The highest BCUT2D eigenvalue weighted by molar-refractivity contribution is 6.13. The van der Waals surface area contributed by atoms with Gasteiger partial charge in [-0.05, 0) is 31.2 Å². The molecule has 0 spiro atoms. The summed E-state index contributed by atoms with van der Waals surface area (Å²) in [6.45, 7) is 1.78. The lowest BCUT2D eigenvalue weighted by Crippen LogP contribution is -2.15. The second-order valence-corrected chi connectivity index (χ2v) is 6.65. The summed E-state index contributed by atoms with van der Waals surface area (Å²) in [5.74, 6) is 0.207. The topological polar surface area (TPSA) is 98.7 Å². The van der Waals surface area contributed by atoms with Gasteiger partial charge in [-0.2, -0.15) is 5.10 Å². The van der Waals surface area contributed by atoms with E-state index in [4.69, 9.17) is 4.52 Å². The third kappa shape index (κ3) is 3.10. The predicted octanol–water partition coefficient (Wildman–Crippen LogP) is 4.03. The molecule has 8 heteroatoms. The summed E-state index contributed by atoms with van der Waals surface area (Å²) >= 11 is 0. The van der Waals surface area contributed by atoms with Crippen molar-refractivity contribution in [2.45, 2.75) is 6.92 Å². The van der Waals surface area contributed by atoms with Gasteiger partial charge in [-0.25, -0.2) is 14.6 Å². The molecule has 5 rings (SSSR count). The molecule has 5 aromatic rings. The zero-order valence-electron chi connectivity index (χ0n) is 16.0. The molecule has 1 aromatic carbocycles. The van der Waals surface area contributed by atoms with Gasteiger partial charge in [-0.1, -0.05) is 35.5 Å². The van der Waals surface area contributed by atoms with Crippen molar-refractivity contribution in [1.82, 2.24) is 24.9 Å². The number of carbonyl (C=O) groups is 1. The molecule has 1 N–H and O–H groups in total. The van der Waals surface area contributed by atoms with Gasteiger partial charge in [0, 0.05) is 24.2 Å². The first kappa shape index (κ1) is 17.7. The summed E-state index contributed by atoms with van der Waals surface area (Å²) in [5.41, 5.74) is 3.38. The number of nitrogens with one attached hydrogen (secondary N) is 1. The Morgan fingerprint density at radius 3 is 2.73 bits per heavy atom. The van der Waals surface area contributed by atoms with Crippen molar-refractivity contribution >= 4 is 22.7 Å². The number of amides is 1. The molecule has 0 aliphatic heterocycles. The minimum Gasteiger partial charge on any atom is -0.335 e. The Bertz CT molecular complexity index is 1340. The predicted molar refractivity (Wildman–Crippen MR) is 111 cm³/mol. The zero-order chi connectivity index (χ0) is 20.5. The number of nitrogens with zero attached hydrogens (tertiary/aromatic N) is 5. The van der Waals surface area contributed by atoms with E-state index in [0.29, 0.717) is 39.6 Å². The molecule has 30 heavy (non-hydrogen) atoms. The smallest absolute Gasteiger partial charge is 0.259 e. The van der Waals surface area contributed by atoms with Gasteiger partial charge in [0.2, 0.25) is 0 Å². The Balaban J connectivity index is 1.60. The van der Waals surface area contributed by atoms with Crippen LogP contribution in [0.2, 0.25) is 0 Å². The van der Waals surface area contributed by atoms with Crippen LogP contribution in [0.15, 0.2) is 77.7 Å². The number of fused-ring (bicyclic) bond motifs is 1. The Labute approximate surface area is 171 Å². The number of aromatic nitrogens is 5. The van der Waals surface area contributed by atoms with Gasteiger partial charge in [-0.15, -0.1) is 0 Å². The molecule has 8 nitrogen and oxygen atoms in total. The van der Waals surface area contributed by atoms with E-state index in [9.17, 15) is 4.79 Å². The Morgan fingerprint density at radius 2 is 1.93 bits per heavy atom. The number of pyridine rings is 2. The van der Waals surface area contributed by atoms with E-state index in [0.717, 1.165) is 5.56 Å². The largest absolute Gasteiger partial charge is 0.335 e. The minimum absolute atomic E-state index is 0.313. The van der Waals surface area contributed by atoms with Crippen LogP contribution in [-0.4, -0.2) is 30.8 Å². The lowest BCUT2D eigenvalue weighted by molar-refractivity contribution is 0.102. The summed E-state index contributed by atoms with van der Waals surface area (Å²) in [4.78, 5) is 22.2. The highest BCUT2D eigenvalue weighted by Gasteiger charge is 2.20. The van der Waals surface area contributed by atoms with Crippen LogP contribution in [0, 0.1) is 6.92 Å². The van der Waals surface area contributed by atoms with E-state index in [1.807, 2.05) is 30.3 Å². The molecule has 0 saturated heterocycles. The number of hydrogen-bond donors (Lipinski definition) is 1. The summed E-state index contributed by atoms with van der Waals surface area (Å²) in [6.07, 6.45) is 5.06. The van der Waals surface area contributed by atoms with Crippen molar-refractivity contribution < 1.29 is 9.32 Å². The fraction of sp³-hybridized carbons (Fsp3) is 0.0455. The van der Waals surface area contributed by atoms with E-state index in [2.05, 4.69) is 25.5 Å². The lowest BCUT2D eigenvalue weighted by Gasteiger charge is -2.11. The first-order valence-corrected chi connectivity index (χ1v) is 9.29. The molecule has 0 atom stereocenters. The second-order valence-electron chi connectivity index (χ2n) is 6.65. The number of aryl methyl sites for hydroxylation is 1. The van der Waals surface area contributed by atoms with Gasteiger partial charge in [0.15, 0.2) is 5.82 Å². The Morgan fingerprint density at radius 1 is 1.07 bits per heavy atom. The van der Waals surface area contributed by atoms with Gasteiger partial charge < -0.3 is 9.84 Å².